The fourth-order valence-corrected chi connectivity index (χ4v) is 9.83. The zero-order valence-electron chi connectivity index (χ0n) is 30.2. The molecule has 0 fully saturated rings. The van der Waals surface area contributed by atoms with Crippen LogP contribution in [0.5, 0.6) is 11.5 Å². The summed E-state index contributed by atoms with van der Waals surface area (Å²) in [4.78, 5) is 25.0. The Hall–Kier alpha value is -6.36. The van der Waals surface area contributed by atoms with Gasteiger partial charge in [-0.05, 0) is 54.6 Å². The Balaban J connectivity index is 0.000000271. The summed E-state index contributed by atoms with van der Waals surface area (Å²) in [7, 11) is -18.5. The smallest absolute Gasteiger partial charge is 0.341 e. The lowest BCUT2D eigenvalue weighted by Crippen LogP contribution is -2.43. The Bertz CT molecular complexity index is 3130. The number of hydrogen-bond donors (Lipinski definition) is 4. The molecule has 1 heterocycles. The van der Waals surface area contributed by atoms with Crippen molar-refractivity contribution < 1.29 is 56.2 Å². The minimum absolute atomic E-state index is 0.0867. The molecule has 1 aliphatic heterocycles. The molecule has 0 atom stereocenters. The van der Waals surface area contributed by atoms with Crippen LogP contribution in [0.3, 0.4) is 0 Å². The molecule has 6 N–H and O–H groups in total. The fourth-order valence-electron chi connectivity index (χ4n) is 6.08. The third-order valence-corrected chi connectivity index (χ3v) is 13.4. The number of para-hydroxylation sites is 2. The van der Waals surface area contributed by atoms with Gasteiger partial charge in [-0.25, -0.2) is 8.42 Å². The van der Waals surface area contributed by atoms with Gasteiger partial charge in [0.05, 0.1) is 11.3 Å². The number of sulfonamides is 1. The molecule has 1 aliphatic rings. The first-order valence-corrected chi connectivity index (χ1v) is 22.7. The topological polar surface area (TPSA) is 277 Å². The molecule has 2 amide bonds. The summed E-state index contributed by atoms with van der Waals surface area (Å²) in [6.45, 7) is 4.19. The van der Waals surface area contributed by atoms with Gasteiger partial charge in [0.15, 0.2) is 0 Å². The first-order chi connectivity index (χ1) is 27.8. The van der Waals surface area contributed by atoms with Crippen LogP contribution in [0, 0.1) is 0 Å². The number of rotatable bonds is 12. The molecule has 0 spiro atoms. The number of nitrogens with one attached hydrogen (secondary N) is 1. The molecule has 6 aromatic rings. The number of imide groups is 1. The highest BCUT2D eigenvalue weighted by Crippen LogP contribution is 2.42. The number of anilines is 2. The predicted molar refractivity (Wildman–Crippen MR) is 218 cm³/mol. The third-order valence-electron chi connectivity index (χ3n) is 8.60. The van der Waals surface area contributed by atoms with E-state index < -0.39 is 84.2 Å². The van der Waals surface area contributed by atoms with Crippen molar-refractivity contribution in [2.75, 3.05) is 24.1 Å². The molecule has 17 nitrogen and oxygen atoms in total. The van der Waals surface area contributed by atoms with Crippen LogP contribution in [0.2, 0.25) is 0 Å². The van der Waals surface area contributed by atoms with Gasteiger partial charge in [0.25, 0.3) is 32.0 Å². The number of nitrogen functional groups attached to an aromatic ring is 1. The first-order valence-electron chi connectivity index (χ1n) is 16.9. The van der Waals surface area contributed by atoms with E-state index in [1.807, 2.05) is 6.07 Å². The van der Waals surface area contributed by atoms with Crippen molar-refractivity contribution >= 4 is 85.1 Å². The molecule has 0 saturated carbocycles. The van der Waals surface area contributed by atoms with Crippen LogP contribution in [0.15, 0.2) is 142 Å². The molecule has 0 bridgehead atoms. The van der Waals surface area contributed by atoms with Gasteiger partial charge in [0, 0.05) is 51.3 Å². The van der Waals surface area contributed by atoms with Crippen LogP contribution >= 0.6 is 0 Å². The van der Waals surface area contributed by atoms with E-state index >= 15 is 0 Å². The van der Waals surface area contributed by atoms with E-state index in [4.69, 9.17) is 19.8 Å². The first kappa shape index (κ1) is 42.3. The molecule has 0 saturated heterocycles. The van der Waals surface area contributed by atoms with Crippen LogP contribution in [-0.4, -0.2) is 67.4 Å². The lowest BCUT2D eigenvalue weighted by Gasteiger charge is -2.27. The molecule has 6 aromatic carbocycles. The van der Waals surface area contributed by atoms with Gasteiger partial charge in [-0.2, -0.15) is 29.6 Å². The molecule has 0 aromatic heterocycles. The van der Waals surface area contributed by atoms with Crippen LogP contribution in [0.1, 0.15) is 20.7 Å². The van der Waals surface area contributed by atoms with Crippen molar-refractivity contribution in [1.82, 2.24) is 4.31 Å². The van der Waals surface area contributed by atoms with E-state index in [1.165, 1.54) is 54.6 Å². The minimum atomic E-state index is -4.86. The summed E-state index contributed by atoms with van der Waals surface area (Å²) in [5, 5.41) is 3.77. The predicted octanol–water partition coefficient (Wildman–Crippen LogP) is 4.48. The SMILES string of the molecule is C=CS(=O)(=O)N1C(=O)c2ccc(S(=O)(=O)Oc3ccccc3)c3c(N)c(S(=O)(=O)Oc4ccccc4)cc(c23)C1=O.NCCNc1cccc2c(S(=O)(=O)O)cccc12. The Morgan fingerprint density at radius 1 is 0.644 bits per heavy atom. The summed E-state index contributed by atoms with van der Waals surface area (Å²) in [6.07, 6.45) is 0. The molecule has 0 radical (unpaired) electrons. The second-order valence-corrected chi connectivity index (χ2v) is 18.5. The Kier molecular flexibility index (Phi) is 11.5. The van der Waals surface area contributed by atoms with E-state index in [0.29, 0.717) is 23.9 Å². The number of carbonyl (C=O) groups excluding carboxylic acids is 2. The van der Waals surface area contributed by atoms with Gasteiger partial charge in [-0.15, -0.1) is 0 Å². The van der Waals surface area contributed by atoms with Gasteiger partial charge < -0.3 is 25.2 Å². The average molecular weight is 881 g/mol. The van der Waals surface area contributed by atoms with Gasteiger partial charge in [0.2, 0.25) is 0 Å². The van der Waals surface area contributed by atoms with E-state index in [1.54, 1.807) is 36.4 Å². The molecule has 21 heteroatoms. The largest absolute Gasteiger partial charge is 0.397 e. The number of nitrogens with two attached hydrogens (primary N) is 2. The highest BCUT2D eigenvalue weighted by Gasteiger charge is 2.43. The maximum Gasteiger partial charge on any atom is 0.341 e. The number of benzene rings is 6. The maximum absolute atomic E-state index is 13.4. The number of nitrogens with zero attached hydrogens (tertiary/aromatic N) is 1. The second kappa shape index (κ2) is 16.1. The molecule has 7 rings (SSSR count). The molecule has 59 heavy (non-hydrogen) atoms. The monoisotopic (exact) mass is 880 g/mol. The van der Waals surface area contributed by atoms with Crippen LogP contribution in [0.4, 0.5) is 11.4 Å². The maximum atomic E-state index is 13.4. The molecular weight excluding hydrogens is 849 g/mol. The van der Waals surface area contributed by atoms with E-state index in [2.05, 4.69) is 11.9 Å². The van der Waals surface area contributed by atoms with Crippen molar-refractivity contribution in [3.8, 4) is 11.5 Å². The van der Waals surface area contributed by atoms with Crippen molar-refractivity contribution in [3.05, 3.63) is 138 Å². The normalized spacial score (nSPS) is 13.1. The molecular formula is C38H32N4O13S4. The summed E-state index contributed by atoms with van der Waals surface area (Å²) < 4.78 is 121. The van der Waals surface area contributed by atoms with Crippen molar-refractivity contribution in [2.45, 2.75) is 14.7 Å². The van der Waals surface area contributed by atoms with Crippen LogP contribution in [0.25, 0.3) is 21.5 Å². The van der Waals surface area contributed by atoms with Crippen molar-refractivity contribution in [2.24, 2.45) is 5.73 Å². The Labute approximate surface area is 338 Å². The lowest BCUT2D eigenvalue weighted by molar-refractivity contribution is 0.0727. The average Bonchev–Trinajstić information content (AvgIpc) is 3.19. The zero-order valence-corrected chi connectivity index (χ0v) is 33.5. The van der Waals surface area contributed by atoms with Gasteiger partial charge in [0.1, 0.15) is 26.2 Å². The summed E-state index contributed by atoms with van der Waals surface area (Å²) in [5.41, 5.74) is 10.7. The van der Waals surface area contributed by atoms with E-state index in [0.717, 1.165) is 29.3 Å². The molecule has 306 valence electrons. The van der Waals surface area contributed by atoms with Crippen LogP contribution < -0.4 is 25.2 Å². The lowest BCUT2D eigenvalue weighted by atomic mass is 9.94. The van der Waals surface area contributed by atoms with E-state index in [9.17, 15) is 47.8 Å². The Morgan fingerprint density at radius 2 is 1.19 bits per heavy atom. The molecule has 0 unspecified atom stereocenters. The number of hydrogen-bond acceptors (Lipinski definition) is 15. The minimum Gasteiger partial charge on any atom is -0.397 e. The van der Waals surface area contributed by atoms with Gasteiger partial charge in [-0.1, -0.05) is 67.2 Å². The number of amides is 2. The summed E-state index contributed by atoms with van der Waals surface area (Å²) >= 11 is 0. The number of fused-ring (bicyclic) bond motifs is 1. The fraction of sp³-hybridized carbons (Fsp3) is 0.0526. The second-order valence-electron chi connectivity index (χ2n) is 12.3. The van der Waals surface area contributed by atoms with Gasteiger partial charge >= 0.3 is 20.2 Å². The highest BCUT2D eigenvalue weighted by atomic mass is 32.2. The van der Waals surface area contributed by atoms with Crippen LogP contribution in [-0.2, 0) is 40.4 Å². The standard InChI is InChI=1S/C26H18N2O10S3.C12H14N2O3S/c1-2-39(31,32)28-25(29)18-13-14-20(40(33,34)37-16-9-5-3-6-10-16)23-22(18)19(26(28)30)15-21(24(23)27)41(35,36)38-17-11-7-4-8-12-17;13-7-8-14-11-5-1-4-10-9(11)3-2-6-12(10)18(15,16)17/h2-15H,1,27H2;1-6,14H,7-8,13H2,(H,15,16,17). The molecule has 0 aliphatic carbocycles. The summed E-state index contributed by atoms with van der Waals surface area (Å²) in [5.74, 6) is -3.01. The van der Waals surface area contributed by atoms with Gasteiger partial charge in [-0.3, -0.25) is 14.1 Å². The zero-order chi connectivity index (χ0) is 42.9. The van der Waals surface area contributed by atoms with E-state index in [-0.39, 0.29) is 26.1 Å². The van der Waals surface area contributed by atoms with Crippen molar-refractivity contribution in [3.63, 3.8) is 0 Å². The van der Waals surface area contributed by atoms with Crippen molar-refractivity contribution in [1.29, 1.82) is 0 Å². The number of carbonyl (C=O) groups is 2. The third kappa shape index (κ3) is 8.32. The summed E-state index contributed by atoms with van der Waals surface area (Å²) in [6, 6.07) is 27.2. The highest BCUT2D eigenvalue weighted by molar-refractivity contribution is 7.93. The quantitative estimate of drug-likeness (QED) is 0.0571. The Morgan fingerprint density at radius 3 is 1.75 bits per heavy atom.